The molecule has 1 unspecified atom stereocenters. The van der Waals surface area contributed by atoms with Crippen molar-refractivity contribution in [1.29, 1.82) is 0 Å². The first-order valence-corrected chi connectivity index (χ1v) is 6.12. The van der Waals surface area contributed by atoms with Gasteiger partial charge in [0.15, 0.2) is 0 Å². The van der Waals surface area contributed by atoms with E-state index < -0.39 is 0 Å². The van der Waals surface area contributed by atoms with Gasteiger partial charge < -0.3 is 10.1 Å². The normalized spacial score (nSPS) is 15.7. The molecule has 0 bridgehead atoms. The Balaban J connectivity index is 2.87. The molecule has 2 atom stereocenters. The van der Waals surface area contributed by atoms with Crippen LogP contribution in [0.15, 0.2) is 41.8 Å². The van der Waals surface area contributed by atoms with Gasteiger partial charge in [-0.3, -0.25) is 4.98 Å². The van der Waals surface area contributed by atoms with Crippen LogP contribution in [-0.2, 0) is 4.74 Å². The topological polar surface area (TPSA) is 46.5 Å². The van der Waals surface area contributed by atoms with Crippen molar-refractivity contribution in [3.8, 4) is 0 Å². The minimum atomic E-state index is 0.0270. The second-order valence-corrected chi connectivity index (χ2v) is 4.06. The first kappa shape index (κ1) is 14.4. The maximum Gasteiger partial charge on any atom is 0.222 e. The molecule has 0 aliphatic rings. The average molecular weight is 247 g/mol. The van der Waals surface area contributed by atoms with Gasteiger partial charge in [-0.2, -0.15) is 0 Å². The van der Waals surface area contributed by atoms with Crippen LogP contribution in [-0.4, -0.2) is 30.1 Å². The predicted octanol–water partition coefficient (Wildman–Crippen LogP) is 2.37. The molecular formula is C14H21N3O. The van der Waals surface area contributed by atoms with E-state index in [0.29, 0.717) is 5.90 Å². The monoisotopic (exact) mass is 247 g/mol. The van der Waals surface area contributed by atoms with Gasteiger partial charge in [0.2, 0.25) is 5.90 Å². The molecular weight excluding hydrogens is 226 g/mol. The standard InChI is InChI=1S/C14H21N3O/c1-5-8-17-14(13-7-6-9-16-10-13)18-12(3)11(2)15-4/h5-12,15H,1-4H3/b8-5+,17-14-/t11?,12-/m0/s1. The van der Waals surface area contributed by atoms with E-state index in [1.54, 1.807) is 18.6 Å². The van der Waals surface area contributed by atoms with Crippen molar-refractivity contribution in [3.63, 3.8) is 0 Å². The Hall–Kier alpha value is -1.68. The Kier molecular flexibility index (Phi) is 6.08. The number of aromatic nitrogens is 1. The first-order valence-electron chi connectivity index (χ1n) is 6.12. The lowest BCUT2D eigenvalue weighted by molar-refractivity contribution is 0.170. The maximum absolute atomic E-state index is 5.89. The van der Waals surface area contributed by atoms with Crippen molar-refractivity contribution < 1.29 is 4.74 Å². The summed E-state index contributed by atoms with van der Waals surface area (Å²) in [5.74, 6) is 0.593. The molecule has 4 heteroatoms. The second kappa shape index (κ2) is 7.61. The molecule has 1 aromatic heterocycles. The number of hydrogen-bond donors (Lipinski definition) is 1. The summed E-state index contributed by atoms with van der Waals surface area (Å²) in [5, 5.41) is 3.16. The highest BCUT2D eigenvalue weighted by atomic mass is 16.5. The van der Waals surface area contributed by atoms with Crippen molar-refractivity contribution >= 4 is 5.90 Å². The number of nitrogens with zero attached hydrogens (tertiary/aromatic N) is 2. The SMILES string of the molecule is C/C=C/N=C(\O[C@@H](C)C(C)NC)c1cccnc1. The number of hydrogen-bond acceptors (Lipinski definition) is 4. The summed E-state index contributed by atoms with van der Waals surface area (Å²) < 4.78 is 5.89. The van der Waals surface area contributed by atoms with Crippen LogP contribution in [0.1, 0.15) is 26.3 Å². The summed E-state index contributed by atoms with van der Waals surface area (Å²) in [5.41, 5.74) is 0.880. The minimum absolute atomic E-state index is 0.0270. The van der Waals surface area contributed by atoms with E-state index in [9.17, 15) is 0 Å². The fraction of sp³-hybridized carbons (Fsp3) is 0.429. The number of aliphatic imine (C=N–C) groups is 1. The molecule has 0 aliphatic carbocycles. The number of likely N-dealkylation sites (N-methyl/N-ethyl adjacent to an activating group) is 1. The van der Waals surface area contributed by atoms with Gasteiger partial charge in [0.05, 0.1) is 5.56 Å². The molecule has 0 spiro atoms. The van der Waals surface area contributed by atoms with Crippen molar-refractivity contribution in [2.75, 3.05) is 7.05 Å². The molecule has 1 heterocycles. The van der Waals surface area contributed by atoms with E-state index in [1.165, 1.54) is 0 Å². The van der Waals surface area contributed by atoms with Gasteiger partial charge >= 0.3 is 0 Å². The lowest BCUT2D eigenvalue weighted by Crippen LogP contribution is -2.36. The fourth-order valence-corrected chi connectivity index (χ4v) is 1.32. The number of nitrogens with one attached hydrogen (secondary N) is 1. The highest BCUT2D eigenvalue weighted by Gasteiger charge is 2.15. The Morgan fingerprint density at radius 2 is 2.28 bits per heavy atom. The Morgan fingerprint density at radius 3 is 2.83 bits per heavy atom. The Labute approximate surface area is 109 Å². The van der Waals surface area contributed by atoms with Gasteiger partial charge in [-0.25, -0.2) is 4.99 Å². The highest BCUT2D eigenvalue weighted by molar-refractivity contribution is 5.94. The van der Waals surface area contributed by atoms with Crippen LogP contribution in [0.25, 0.3) is 0 Å². The van der Waals surface area contributed by atoms with E-state index in [0.717, 1.165) is 5.56 Å². The summed E-state index contributed by atoms with van der Waals surface area (Å²) in [4.78, 5) is 8.40. The molecule has 0 fully saturated rings. The maximum atomic E-state index is 5.89. The minimum Gasteiger partial charge on any atom is -0.473 e. The summed E-state index contributed by atoms with van der Waals surface area (Å²) in [6, 6.07) is 4.06. The zero-order valence-corrected chi connectivity index (χ0v) is 11.4. The number of allylic oxidation sites excluding steroid dienone is 1. The lowest BCUT2D eigenvalue weighted by Gasteiger charge is -2.21. The summed E-state index contributed by atoms with van der Waals surface area (Å²) in [6.45, 7) is 6.01. The third kappa shape index (κ3) is 4.30. The number of pyridine rings is 1. The summed E-state index contributed by atoms with van der Waals surface area (Å²) >= 11 is 0. The molecule has 0 aliphatic heterocycles. The van der Waals surface area contributed by atoms with Gasteiger partial charge in [-0.15, -0.1) is 0 Å². The van der Waals surface area contributed by atoms with E-state index in [1.807, 2.05) is 39.1 Å². The predicted molar refractivity (Wildman–Crippen MR) is 74.7 cm³/mol. The van der Waals surface area contributed by atoms with Gasteiger partial charge in [-0.05, 0) is 40.0 Å². The lowest BCUT2D eigenvalue weighted by atomic mass is 10.2. The Bertz CT molecular complexity index is 401. The zero-order chi connectivity index (χ0) is 13.4. The number of rotatable bonds is 5. The molecule has 0 amide bonds. The van der Waals surface area contributed by atoms with Gasteiger partial charge in [0, 0.05) is 24.6 Å². The summed E-state index contributed by atoms with van der Waals surface area (Å²) in [6.07, 6.45) is 7.10. The van der Waals surface area contributed by atoms with Crippen molar-refractivity contribution in [1.82, 2.24) is 10.3 Å². The van der Waals surface area contributed by atoms with Crippen LogP contribution in [0.5, 0.6) is 0 Å². The molecule has 18 heavy (non-hydrogen) atoms. The van der Waals surface area contributed by atoms with Crippen LogP contribution in [0.4, 0.5) is 0 Å². The van der Waals surface area contributed by atoms with E-state index >= 15 is 0 Å². The van der Waals surface area contributed by atoms with Crippen molar-refractivity contribution in [2.45, 2.75) is 32.9 Å². The molecule has 1 N–H and O–H groups in total. The van der Waals surface area contributed by atoms with Crippen LogP contribution in [0.3, 0.4) is 0 Å². The average Bonchev–Trinajstić information content (AvgIpc) is 2.43. The van der Waals surface area contributed by atoms with Crippen LogP contribution in [0.2, 0.25) is 0 Å². The highest BCUT2D eigenvalue weighted by Crippen LogP contribution is 2.07. The van der Waals surface area contributed by atoms with Gasteiger partial charge in [-0.1, -0.05) is 6.08 Å². The quantitative estimate of drug-likeness (QED) is 0.642. The van der Waals surface area contributed by atoms with E-state index in [-0.39, 0.29) is 12.1 Å². The van der Waals surface area contributed by atoms with Crippen LogP contribution < -0.4 is 5.32 Å². The molecule has 4 nitrogen and oxygen atoms in total. The largest absolute Gasteiger partial charge is 0.473 e. The van der Waals surface area contributed by atoms with Crippen LogP contribution >= 0.6 is 0 Å². The van der Waals surface area contributed by atoms with Crippen molar-refractivity contribution in [2.24, 2.45) is 4.99 Å². The third-order valence-corrected chi connectivity index (χ3v) is 2.71. The fourth-order valence-electron chi connectivity index (χ4n) is 1.32. The van der Waals surface area contributed by atoms with Gasteiger partial charge in [0.25, 0.3) is 0 Å². The smallest absolute Gasteiger partial charge is 0.222 e. The first-order chi connectivity index (χ1) is 8.69. The molecule has 98 valence electrons. The van der Waals surface area contributed by atoms with Gasteiger partial charge in [0.1, 0.15) is 6.10 Å². The van der Waals surface area contributed by atoms with E-state index in [2.05, 4.69) is 22.2 Å². The van der Waals surface area contributed by atoms with Crippen molar-refractivity contribution in [3.05, 3.63) is 42.4 Å². The molecule has 0 saturated carbocycles. The van der Waals surface area contributed by atoms with Crippen LogP contribution in [0, 0.1) is 0 Å². The molecule has 0 radical (unpaired) electrons. The molecule has 0 saturated heterocycles. The molecule has 0 aromatic carbocycles. The second-order valence-electron chi connectivity index (χ2n) is 4.06. The third-order valence-electron chi connectivity index (χ3n) is 2.71. The number of ether oxygens (including phenoxy) is 1. The summed E-state index contributed by atoms with van der Waals surface area (Å²) in [7, 11) is 1.91. The molecule has 1 aromatic rings. The Morgan fingerprint density at radius 1 is 1.50 bits per heavy atom. The van der Waals surface area contributed by atoms with E-state index in [4.69, 9.17) is 4.74 Å². The molecule has 1 rings (SSSR count). The zero-order valence-electron chi connectivity index (χ0n) is 11.4.